The van der Waals surface area contributed by atoms with E-state index < -0.39 is 0 Å². The number of amides is 1. The van der Waals surface area contributed by atoms with E-state index in [0.29, 0.717) is 41.6 Å². The summed E-state index contributed by atoms with van der Waals surface area (Å²) in [6.45, 7) is 2.65. The summed E-state index contributed by atoms with van der Waals surface area (Å²) in [7, 11) is 3.20. The second-order valence-corrected chi connectivity index (χ2v) is 7.89. The van der Waals surface area contributed by atoms with Crippen LogP contribution in [0.25, 0.3) is 16.8 Å². The minimum atomic E-state index is -0.349. The van der Waals surface area contributed by atoms with Crippen LogP contribution >= 0.6 is 11.6 Å². The zero-order valence-electron chi connectivity index (χ0n) is 19.1. The Morgan fingerprint density at radius 3 is 2.79 bits per heavy atom. The lowest BCUT2D eigenvalue weighted by Crippen LogP contribution is -2.28. The normalized spacial score (nSPS) is 12.6. The second-order valence-electron chi connectivity index (χ2n) is 7.45. The molecule has 3 aromatic rings. The molecule has 2 heterocycles. The van der Waals surface area contributed by atoms with Crippen LogP contribution in [-0.2, 0) is 11.2 Å². The summed E-state index contributed by atoms with van der Waals surface area (Å²) < 4.78 is 8.16. The fourth-order valence-electron chi connectivity index (χ4n) is 3.56. The molecule has 9 heteroatoms. The van der Waals surface area contributed by atoms with E-state index >= 15 is 0 Å². The maximum atomic E-state index is 12.0. The predicted molar refractivity (Wildman–Crippen MR) is 133 cm³/mol. The van der Waals surface area contributed by atoms with Gasteiger partial charge in [0.05, 0.1) is 6.61 Å². The number of nitrogens with zero attached hydrogens (tertiary/aromatic N) is 3. The molecule has 0 fully saturated rings. The fraction of sp³-hybridized carbons (Fsp3) is 0.292. The number of nitrogens with two attached hydrogens (primary N) is 2. The highest BCUT2D eigenvalue weighted by molar-refractivity contribution is 6.30. The van der Waals surface area contributed by atoms with Crippen molar-refractivity contribution in [2.75, 3.05) is 27.2 Å². The van der Waals surface area contributed by atoms with Crippen LogP contribution in [0.4, 0.5) is 0 Å². The van der Waals surface area contributed by atoms with Crippen molar-refractivity contribution in [3.05, 3.63) is 64.7 Å². The highest BCUT2D eigenvalue weighted by Gasteiger charge is 2.15. The van der Waals surface area contributed by atoms with Crippen LogP contribution in [0.3, 0.4) is 0 Å². The van der Waals surface area contributed by atoms with Gasteiger partial charge in [0.1, 0.15) is 17.1 Å². The van der Waals surface area contributed by atoms with Gasteiger partial charge >= 0.3 is 0 Å². The third-order valence-electron chi connectivity index (χ3n) is 5.42. The lowest BCUT2D eigenvalue weighted by Gasteiger charge is -2.15. The largest absolute Gasteiger partial charge is 0.493 e. The second kappa shape index (κ2) is 11.0. The third kappa shape index (κ3) is 5.53. The molecule has 0 aliphatic heterocycles. The number of aromatic nitrogens is 2. The van der Waals surface area contributed by atoms with Gasteiger partial charge in [-0.2, -0.15) is 0 Å². The summed E-state index contributed by atoms with van der Waals surface area (Å²) in [6.07, 6.45) is 5.00. The number of hydrogen-bond acceptors (Lipinski definition) is 6. The molecule has 33 heavy (non-hydrogen) atoms. The lowest BCUT2D eigenvalue weighted by molar-refractivity contribution is -0.117. The van der Waals surface area contributed by atoms with E-state index in [1.807, 2.05) is 48.0 Å². The maximum Gasteiger partial charge on any atom is 0.267 e. The Hall–Kier alpha value is -3.36. The molecule has 0 aliphatic carbocycles. The van der Waals surface area contributed by atoms with E-state index in [-0.39, 0.29) is 11.6 Å². The molecule has 0 saturated heterocycles. The summed E-state index contributed by atoms with van der Waals surface area (Å²) in [5, 5.41) is 3.11. The molecular weight excluding hydrogens is 440 g/mol. The first-order chi connectivity index (χ1) is 15.9. The summed E-state index contributed by atoms with van der Waals surface area (Å²) >= 11 is 6.26. The zero-order chi connectivity index (χ0) is 24.0. The van der Waals surface area contributed by atoms with E-state index in [4.69, 9.17) is 27.8 Å². The standard InChI is InChI=1S/C24H29ClN6O2/c1-15(28-2)19(23(27)24(32)29-3)9-11-33-21-12-17(25)5-6-20(21)16-4-7-22-30-13-18(8-10-26)31(22)14-16/h4-7,12-14H,8-11,26-27H2,1-3H3,(H,29,32). The van der Waals surface area contributed by atoms with Gasteiger partial charge in [-0.15, -0.1) is 0 Å². The molecule has 0 spiro atoms. The number of carbonyl (C=O) groups excluding carboxylic acids is 1. The van der Waals surface area contributed by atoms with Crippen molar-refractivity contribution in [3.8, 4) is 16.9 Å². The Morgan fingerprint density at radius 2 is 2.09 bits per heavy atom. The van der Waals surface area contributed by atoms with Crippen molar-refractivity contribution in [3.63, 3.8) is 0 Å². The number of nitrogens with one attached hydrogen (secondary N) is 1. The average Bonchev–Trinajstić information content (AvgIpc) is 3.22. The summed E-state index contributed by atoms with van der Waals surface area (Å²) in [6, 6.07) is 9.48. The number of imidazole rings is 1. The number of carbonyl (C=O) groups is 1. The van der Waals surface area contributed by atoms with Gasteiger partial charge in [0.15, 0.2) is 0 Å². The molecule has 1 amide bonds. The third-order valence-corrected chi connectivity index (χ3v) is 5.65. The molecule has 0 unspecified atom stereocenters. The van der Waals surface area contributed by atoms with Gasteiger partial charge in [-0.25, -0.2) is 4.98 Å². The first-order valence-electron chi connectivity index (χ1n) is 10.6. The molecule has 174 valence electrons. The smallest absolute Gasteiger partial charge is 0.267 e. The summed E-state index contributed by atoms with van der Waals surface area (Å²) in [5.74, 6) is 0.282. The molecule has 0 atom stereocenters. The SMILES string of the molecule is CN=C(C)C(CCOc1cc(Cl)ccc1-c1ccc2ncc(CCN)n2c1)=C(N)C(=O)NC. The number of pyridine rings is 1. The van der Waals surface area contributed by atoms with Crippen molar-refractivity contribution in [2.45, 2.75) is 19.8 Å². The van der Waals surface area contributed by atoms with E-state index in [2.05, 4.69) is 15.3 Å². The minimum Gasteiger partial charge on any atom is -0.493 e. The first-order valence-corrected chi connectivity index (χ1v) is 11.0. The average molecular weight is 469 g/mol. The van der Waals surface area contributed by atoms with Crippen molar-refractivity contribution in [1.29, 1.82) is 0 Å². The van der Waals surface area contributed by atoms with Crippen LogP contribution in [0.15, 0.2) is 59.0 Å². The highest BCUT2D eigenvalue weighted by atomic mass is 35.5. The number of hydrogen-bond donors (Lipinski definition) is 3. The van der Waals surface area contributed by atoms with Crippen LogP contribution in [0.5, 0.6) is 5.75 Å². The van der Waals surface area contributed by atoms with Crippen LogP contribution < -0.4 is 21.5 Å². The number of benzene rings is 1. The quantitative estimate of drug-likeness (QED) is 0.329. The van der Waals surface area contributed by atoms with Gasteiger partial charge < -0.3 is 25.9 Å². The molecule has 0 radical (unpaired) electrons. The molecular formula is C24H29ClN6O2. The van der Waals surface area contributed by atoms with Crippen LogP contribution in [0, 0.1) is 0 Å². The lowest BCUT2D eigenvalue weighted by atomic mass is 10.0. The first kappa shape index (κ1) is 24.3. The molecule has 0 aliphatic rings. The molecule has 5 N–H and O–H groups in total. The zero-order valence-corrected chi connectivity index (χ0v) is 19.8. The van der Waals surface area contributed by atoms with Gasteiger partial charge in [-0.05, 0) is 43.8 Å². The number of likely N-dealkylation sites (N-methyl/N-ethyl adjacent to an activating group) is 1. The van der Waals surface area contributed by atoms with Crippen molar-refractivity contribution < 1.29 is 9.53 Å². The van der Waals surface area contributed by atoms with E-state index in [0.717, 1.165) is 28.9 Å². The monoisotopic (exact) mass is 468 g/mol. The molecule has 1 aromatic carbocycles. The van der Waals surface area contributed by atoms with Gasteiger partial charge in [0.25, 0.3) is 5.91 Å². The number of fused-ring (bicyclic) bond motifs is 1. The number of rotatable bonds is 9. The predicted octanol–water partition coefficient (Wildman–Crippen LogP) is 2.97. The maximum absolute atomic E-state index is 12.0. The van der Waals surface area contributed by atoms with Gasteiger partial charge in [-0.1, -0.05) is 11.6 Å². The van der Waals surface area contributed by atoms with Crippen LogP contribution in [0.1, 0.15) is 19.0 Å². The Morgan fingerprint density at radius 1 is 1.30 bits per heavy atom. The van der Waals surface area contributed by atoms with E-state index in [9.17, 15) is 4.79 Å². The van der Waals surface area contributed by atoms with Gasteiger partial charge in [0, 0.05) is 72.5 Å². The Labute approximate surface area is 198 Å². The molecule has 0 bridgehead atoms. The molecule has 8 nitrogen and oxygen atoms in total. The number of aliphatic imine (C=N–C) groups is 1. The number of halogens is 1. The molecule has 3 rings (SSSR count). The Bertz CT molecular complexity index is 1210. The van der Waals surface area contributed by atoms with Gasteiger partial charge in [-0.3, -0.25) is 9.79 Å². The molecule has 2 aromatic heterocycles. The van der Waals surface area contributed by atoms with Crippen molar-refractivity contribution in [2.24, 2.45) is 16.5 Å². The van der Waals surface area contributed by atoms with Crippen LogP contribution in [0.2, 0.25) is 5.02 Å². The van der Waals surface area contributed by atoms with Gasteiger partial charge in [0.2, 0.25) is 0 Å². The Balaban J connectivity index is 1.90. The Kier molecular flexibility index (Phi) is 8.08. The number of ether oxygens (including phenoxy) is 1. The van der Waals surface area contributed by atoms with Crippen LogP contribution in [-0.4, -0.2) is 48.3 Å². The summed E-state index contributed by atoms with van der Waals surface area (Å²) in [4.78, 5) is 20.6. The fourth-order valence-corrected chi connectivity index (χ4v) is 3.72. The minimum absolute atomic E-state index is 0.133. The van der Waals surface area contributed by atoms with Crippen molar-refractivity contribution in [1.82, 2.24) is 14.7 Å². The van der Waals surface area contributed by atoms with E-state index in [1.54, 1.807) is 13.1 Å². The van der Waals surface area contributed by atoms with E-state index in [1.165, 1.54) is 7.05 Å². The molecule has 0 saturated carbocycles. The van der Waals surface area contributed by atoms with Crippen molar-refractivity contribution >= 4 is 28.9 Å². The topological polar surface area (TPSA) is 120 Å². The summed E-state index contributed by atoms with van der Waals surface area (Å²) in [5.41, 5.74) is 17.0. The highest BCUT2D eigenvalue weighted by Crippen LogP contribution is 2.33.